The number of thiophene rings is 1. The summed E-state index contributed by atoms with van der Waals surface area (Å²) < 4.78 is 5.35. The average Bonchev–Trinajstić information content (AvgIpc) is 3.12. The predicted octanol–water partition coefficient (Wildman–Crippen LogP) is 5.42. The lowest BCUT2D eigenvalue weighted by atomic mass is 9.88. The zero-order valence-corrected chi connectivity index (χ0v) is 19.7. The summed E-state index contributed by atoms with van der Waals surface area (Å²) in [6.45, 7) is 4.72. The zero-order chi connectivity index (χ0) is 20.9. The maximum Gasteiger partial charge on any atom is 0.341 e. The maximum absolute atomic E-state index is 12.9. The number of hydrogen-bond donors (Lipinski definition) is 1. The Kier molecular flexibility index (Phi) is 8.52. The van der Waals surface area contributed by atoms with Crippen molar-refractivity contribution in [2.24, 2.45) is 5.92 Å². The second-order valence-corrected chi connectivity index (χ2v) is 9.30. The van der Waals surface area contributed by atoms with Crippen LogP contribution in [0.5, 0.6) is 0 Å². The molecule has 0 atom stereocenters. The van der Waals surface area contributed by atoms with Crippen molar-refractivity contribution in [3.63, 3.8) is 0 Å². The Hall–Kier alpha value is -1.89. The van der Waals surface area contributed by atoms with Crippen molar-refractivity contribution in [1.29, 1.82) is 0 Å². The summed E-state index contributed by atoms with van der Waals surface area (Å²) in [7, 11) is 0. The van der Waals surface area contributed by atoms with Gasteiger partial charge in [-0.25, -0.2) is 4.79 Å². The van der Waals surface area contributed by atoms with E-state index in [0.29, 0.717) is 17.2 Å². The molecule has 2 aromatic rings. The molecule has 4 rings (SSSR count). The first kappa shape index (κ1) is 23.8. The first-order valence-electron chi connectivity index (χ1n) is 11.0. The molecule has 168 valence electrons. The van der Waals surface area contributed by atoms with E-state index in [0.717, 1.165) is 57.3 Å². The van der Waals surface area contributed by atoms with Gasteiger partial charge in [0.05, 0.1) is 12.2 Å². The van der Waals surface area contributed by atoms with Crippen LogP contribution in [0, 0.1) is 5.92 Å². The third-order valence-electron chi connectivity index (χ3n) is 6.08. The molecule has 1 aliphatic heterocycles. The third-order valence-corrected chi connectivity index (χ3v) is 7.21. The molecule has 2 aliphatic rings. The molecule has 1 aromatic heterocycles. The molecule has 0 unspecified atom stereocenters. The molecular weight excluding hydrogens is 432 g/mol. The van der Waals surface area contributed by atoms with Gasteiger partial charge in [0.1, 0.15) is 5.00 Å². The van der Waals surface area contributed by atoms with Crippen LogP contribution in [0.15, 0.2) is 30.3 Å². The second-order valence-electron chi connectivity index (χ2n) is 8.20. The minimum Gasteiger partial charge on any atom is -0.462 e. The van der Waals surface area contributed by atoms with Crippen LogP contribution in [0.2, 0.25) is 0 Å². The predicted molar refractivity (Wildman–Crippen MR) is 127 cm³/mol. The highest BCUT2D eigenvalue weighted by Gasteiger charge is 2.31. The highest BCUT2D eigenvalue weighted by Crippen LogP contribution is 2.38. The van der Waals surface area contributed by atoms with Gasteiger partial charge in [0.25, 0.3) is 0 Å². The Balaban J connectivity index is 0.00000272. The second kappa shape index (κ2) is 11.1. The van der Waals surface area contributed by atoms with E-state index >= 15 is 0 Å². The van der Waals surface area contributed by atoms with Crippen LogP contribution in [-0.4, -0.2) is 29.9 Å². The van der Waals surface area contributed by atoms with E-state index in [-0.39, 0.29) is 30.2 Å². The first-order chi connectivity index (χ1) is 14.7. The highest BCUT2D eigenvalue weighted by atomic mass is 35.5. The summed E-state index contributed by atoms with van der Waals surface area (Å²) in [5.41, 5.74) is 2.93. The first-order valence-corrected chi connectivity index (χ1v) is 11.9. The van der Waals surface area contributed by atoms with Crippen molar-refractivity contribution < 1.29 is 14.3 Å². The van der Waals surface area contributed by atoms with E-state index in [9.17, 15) is 9.59 Å². The molecule has 1 amide bonds. The van der Waals surface area contributed by atoms with E-state index in [4.69, 9.17) is 4.74 Å². The van der Waals surface area contributed by atoms with Gasteiger partial charge in [0, 0.05) is 30.4 Å². The fourth-order valence-electron chi connectivity index (χ4n) is 4.52. The van der Waals surface area contributed by atoms with Gasteiger partial charge in [-0.15, -0.1) is 23.7 Å². The molecule has 0 bridgehead atoms. The fourth-order valence-corrected chi connectivity index (χ4v) is 5.80. The normalized spacial score (nSPS) is 16.8. The van der Waals surface area contributed by atoms with Crippen molar-refractivity contribution >= 4 is 40.6 Å². The number of carbonyl (C=O) groups excluding carboxylic acids is 2. The summed E-state index contributed by atoms with van der Waals surface area (Å²) in [5, 5.41) is 3.78. The zero-order valence-electron chi connectivity index (χ0n) is 18.0. The van der Waals surface area contributed by atoms with E-state index in [1.54, 1.807) is 11.3 Å². The van der Waals surface area contributed by atoms with Crippen LogP contribution >= 0.6 is 23.7 Å². The molecule has 7 heteroatoms. The molecule has 1 saturated carbocycles. The van der Waals surface area contributed by atoms with E-state index in [1.165, 1.54) is 16.9 Å². The Morgan fingerprint density at radius 1 is 1.16 bits per heavy atom. The molecule has 0 radical (unpaired) electrons. The number of hydrogen-bond acceptors (Lipinski definition) is 5. The van der Waals surface area contributed by atoms with Gasteiger partial charge in [-0.3, -0.25) is 9.69 Å². The van der Waals surface area contributed by atoms with Crippen molar-refractivity contribution in [2.75, 3.05) is 18.5 Å². The standard InChI is InChI=1S/C24H30N2O3S.ClH/c1-2-29-24(28)21-19-13-14-26(15-17-9-5-3-6-10-17)16-20(19)30-23(21)25-22(27)18-11-7-4-8-12-18;/h3,5-6,9-10,18H,2,4,7-8,11-16H2,1H3,(H,25,27);1H. The lowest BCUT2D eigenvalue weighted by molar-refractivity contribution is -0.120. The monoisotopic (exact) mass is 462 g/mol. The highest BCUT2D eigenvalue weighted by molar-refractivity contribution is 7.17. The Bertz CT molecular complexity index is 894. The Morgan fingerprint density at radius 3 is 2.61 bits per heavy atom. The summed E-state index contributed by atoms with van der Waals surface area (Å²) in [5.74, 6) is -0.201. The summed E-state index contributed by atoms with van der Waals surface area (Å²) >= 11 is 1.55. The quantitative estimate of drug-likeness (QED) is 0.582. The van der Waals surface area contributed by atoms with E-state index in [1.807, 2.05) is 13.0 Å². The molecule has 0 saturated heterocycles. The van der Waals surface area contributed by atoms with Crippen LogP contribution < -0.4 is 5.32 Å². The third kappa shape index (κ3) is 5.68. The van der Waals surface area contributed by atoms with E-state index in [2.05, 4.69) is 34.5 Å². The largest absolute Gasteiger partial charge is 0.462 e. The topological polar surface area (TPSA) is 58.6 Å². The smallest absolute Gasteiger partial charge is 0.341 e. The lowest BCUT2D eigenvalue weighted by Gasteiger charge is -2.27. The molecule has 1 aliphatic carbocycles. The van der Waals surface area contributed by atoms with Crippen molar-refractivity contribution in [1.82, 2.24) is 4.90 Å². The summed E-state index contributed by atoms with van der Waals surface area (Å²) in [4.78, 5) is 29.2. The number of halogens is 1. The minimum absolute atomic E-state index is 0. The van der Waals surface area contributed by atoms with Crippen LogP contribution in [0.4, 0.5) is 5.00 Å². The van der Waals surface area contributed by atoms with Crippen LogP contribution in [0.3, 0.4) is 0 Å². The number of nitrogens with zero attached hydrogens (tertiary/aromatic N) is 1. The molecule has 1 N–H and O–H groups in total. The number of carbonyl (C=O) groups is 2. The van der Waals surface area contributed by atoms with Crippen molar-refractivity contribution in [3.05, 3.63) is 51.9 Å². The lowest BCUT2D eigenvalue weighted by Crippen LogP contribution is -2.30. The van der Waals surface area contributed by atoms with Gasteiger partial charge in [-0.05, 0) is 37.3 Å². The van der Waals surface area contributed by atoms with Gasteiger partial charge in [0.2, 0.25) is 5.91 Å². The Labute approximate surface area is 194 Å². The number of esters is 1. The fraction of sp³-hybridized carbons (Fsp3) is 0.500. The van der Waals surface area contributed by atoms with Crippen LogP contribution in [0.25, 0.3) is 0 Å². The van der Waals surface area contributed by atoms with Gasteiger partial charge in [0.15, 0.2) is 0 Å². The molecule has 2 heterocycles. The molecule has 5 nitrogen and oxygen atoms in total. The number of benzene rings is 1. The SMILES string of the molecule is CCOC(=O)c1c(NC(=O)C2CCCCC2)sc2c1CCN(Cc1ccccc1)C2.Cl. The van der Waals surface area contributed by atoms with Crippen molar-refractivity contribution in [3.8, 4) is 0 Å². The number of amides is 1. The Morgan fingerprint density at radius 2 is 1.90 bits per heavy atom. The van der Waals surface area contributed by atoms with Gasteiger partial charge < -0.3 is 10.1 Å². The number of anilines is 1. The number of fused-ring (bicyclic) bond motifs is 1. The molecule has 1 aromatic carbocycles. The minimum atomic E-state index is -0.314. The van der Waals surface area contributed by atoms with E-state index < -0.39 is 0 Å². The summed E-state index contributed by atoms with van der Waals surface area (Å²) in [6.07, 6.45) is 6.11. The van der Waals surface area contributed by atoms with Crippen molar-refractivity contribution in [2.45, 2.75) is 58.5 Å². The molecule has 1 fully saturated rings. The van der Waals surface area contributed by atoms with Gasteiger partial charge in [-0.2, -0.15) is 0 Å². The maximum atomic E-state index is 12.9. The van der Waals surface area contributed by atoms with Crippen LogP contribution in [-0.2, 0) is 29.0 Å². The molecular formula is C24H31ClN2O3S. The van der Waals surface area contributed by atoms with Gasteiger partial charge in [-0.1, -0.05) is 49.6 Å². The number of ether oxygens (including phenoxy) is 1. The average molecular weight is 463 g/mol. The molecule has 0 spiro atoms. The van der Waals surface area contributed by atoms with Crippen LogP contribution in [0.1, 0.15) is 65.4 Å². The molecule has 31 heavy (non-hydrogen) atoms. The van der Waals surface area contributed by atoms with Gasteiger partial charge >= 0.3 is 5.97 Å². The number of rotatable bonds is 6. The number of nitrogens with one attached hydrogen (secondary N) is 1. The summed E-state index contributed by atoms with van der Waals surface area (Å²) in [6, 6.07) is 10.4.